The summed E-state index contributed by atoms with van der Waals surface area (Å²) >= 11 is 0. The summed E-state index contributed by atoms with van der Waals surface area (Å²) in [6, 6.07) is 55.0. The smallest absolute Gasteiger partial charge is 0.241 e. The van der Waals surface area contributed by atoms with Gasteiger partial charge in [-0.05, 0) is 64.2 Å². The fourth-order valence-corrected chi connectivity index (χ4v) is 16.1. The Labute approximate surface area is 551 Å². The van der Waals surface area contributed by atoms with Gasteiger partial charge in [-0.15, -0.1) is 0 Å². The predicted octanol–water partition coefficient (Wildman–Crippen LogP) is 7.22. The number of ether oxygens (including phenoxy) is 12. The number of aliphatic hydroxyl groups excluding tert-OH is 5. The fraction of sp³-hybridized carbons (Fsp3) is 0.465. The van der Waals surface area contributed by atoms with E-state index in [0.717, 1.165) is 27.8 Å². The Morgan fingerprint density at radius 1 is 0.415 bits per heavy atom. The van der Waals surface area contributed by atoms with Crippen molar-refractivity contribution >= 4 is 18.3 Å². The molecule has 4 heterocycles. The molecular weight excluding hydrogens is 1250 g/mol. The van der Waals surface area contributed by atoms with Gasteiger partial charge < -0.3 is 86.8 Å². The van der Waals surface area contributed by atoms with E-state index in [4.69, 9.17) is 61.3 Å². The molecule has 3 fully saturated rings. The van der Waals surface area contributed by atoms with Gasteiger partial charge in [0.15, 0.2) is 33.3 Å². The van der Waals surface area contributed by atoms with Crippen LogP contribution in [0.1, 0.15) is 48.6 Å². The molecule has 23 heteroatoms. The Balaban J connectivity index is 1.03. The molecule has 0 spiro atoms. The molecule has 0 bridgehead atoms. The molecule has 18 atom stereocenters. The Bertz CT molecular complexity index is 3270. The summed E-state index contributed by atoms with van der Waals surface area (Å²) in [5, 5.41) is 60.7. The molecule has 6 aromatic carbocycles. The van der Waals surface area contributed by atoms with Crippen molar-refractivity contribution in [3.63, 3.8) is 0 Å². The third-order valence-corrected chi connectivity index (χ3v) is 23.7. The van der Waals surface area contributed by atoms with Crippen LogP contribution in [0.3, 0.4) is 0 Å². The lowest BCUT2D eigenvalue weighted by molar-refractivity contribution is -0.372. The number of rotatable bonds is 33. The third kappa shape index (κ3) is 18.9. The SMILES string of the molecule is CC[Si](CC)(CC)OC1C(NS(=O)(=O)c2ccccc2)[C@H](OC2C(O)[C@H](O[C@@H]3C(COCc4ccccc4)OC=C[C@H]3OCc3ccccc3)OC(COCc3ccccc3)[C@@H]2O)OC(COCc2ccccc2)[C@H]1O[C@@H]1OC(COCc2ccccc2)[C@H](O)C(O)C1O. The number of aliphatic hydroxyl groups is 5. The van der Waals surface area contributed by atoms with Crippen LogP contribution in [0, 0.1) is 0 Å². The van der Waals surface area contributed by atoms with Gasteiger partial charge in [0.1, 0.15) is 79.3 Å². The molecule has 4 aliphatic heterocycles. The van der Waals surface area contributed by atoms with E-state index in [9.17, 15) is 25.5 Å². The highest BCUT2D eigenvalue weighted by molar-refractivity contribution is 7.89. The first kappa shape index (κ1) is 71.1. The number of benzene rings is 6. The lowest BCUT2D eigenvalue weighted by Crippen LogP contribution is -2.71. The maximum atomic E-state index is 15.1. The fourth-order valence-electron chi connectivity index (χ4n) is 12.0. The minimum atomic E-state index is -4.58. The van der Waals surface area contributed by atoms with Crippen LogP contribution in [0.2, 0.25) is 18.1 Å². The Hall–Kier alpha value is -5.69. The van der Waals surface area contributed by atoms with Gasteiger partial charge in [0, 0.05) is 0 Å². The molecule has 3 saturated heterocycles. The second kappa shape index (κ2) is 35.0. The largest absolute Gasteiger partial charge is 0.493 e. The van der Waals surface area contributed by atoms with E-state index in [-0.39, 0.29) is 64.4 Å². The van der Waals surface area contributed by atoms with Crippen LogP contribution in [0.25, 0.3) is 0 Å². The second-order valence-electron chi connectivity index (χ2n) is 23.9. The van der Waals surface area contributed by atoms with Crippen molar-refractivity contribution in [1.82, 2.24) is 4.72 Å². The first-order chi connectivity index (χ1) is 45.7. The first-order valence-electron chi connectivity index (χ1n) is 32.3. The molecule has 6 aromatic rings. The maximum absolute atomic E-state index is 15.1. The number of hydrogen-bond donors (Lipinski definition) is 6. The molecule has 0 aromatic heterocycles. The Morgan fingerprint density at radius 2 is 0.809 bits per heavy atom. The van der Waals surface area contributed by atoms with E-state index in [1.165, 1.54) is 18.4 Å². The monoisotopic (exact) mass is 1340 g/mol. The average molecular weight is 1340 g/mol. The van der Waals surface area contributed by atoms with Gasteiger partial charge in [-0.3, -0.25) is 0 Å². The van der Waals surface area contributed by atoms with Crippen LogP contribution in [0.5, 0.6) is 0 Å². The van der Waals surface area contributed by atoms with E-state index in [1.54, 1.807) is 24.3 Å². The highest BCUT2D eigenvalue weighted by Gasteiger charge is 2.58. The van der Waals surface area contributed by atoms with Crippen molar-refractivity contribution in [2.24, 2.45) is 0 Å². The van der Waals surface area contributed by atoms with Crippen LogP contribution < -0.4 is 4.72 Å². The summed E-state index contributed by atoms with van der Waals surface area (Å²) in [5.74, 6) is 0. The van der Waals surface area contributed by atoms with Crippen molar-refractivity contribution in [1.29, 1.82) is 0 Å². The molecular formula is C71H89NO20SSi. The van der Waals surface area contributed by atoms with Crippen LogP contribution in [-0.4, -0.2) is 179 Å². The quantitative estimate of drug-likeness (QED) is 0.0222. The Kier molecular flexibility index (Phi) is 26.5. The van der Waals surface area contributed by atoms with E-state index < -0.39 is 129 Å². The van der Waals surface area contributed by atoms with Crippen molar-refractivity contribution < 1.29 is 95.2 Å². The highest BCUT2D eigenvalue weighted by atomic mass is 32.2. The molecule has 0 saturated carbocycles. The molecule has 508 valence electrons. The standard InChI is InChI=1S/C71H89NO20SSi/c1-4-94(5-2,6-3)92-67-59(72-93(78,79)53-35-23-12-24-36-53)69(88-58(47-83-42-51-31-19-10-20-32-51)66(67)90-70-63(76)62(75)60(73)55(86-70)44-80-39-48-25-13-7-14-26-48)91-68-61(74)56(45-81-40-49-27-15-8-16-28-49)87-71(64(68)77)89-65-54(85-43-52-33-21-11-22-34-52)37-38-84-57(65)46-82-41-50-29-17-9-18-30-50/h7-38,54-77H,4-6,39-47H2,1-3H3/t54-,55?,56?,57?,58?,59?,60+,61+,62?,63?,64?,65+,66-,67?,68?,69+,70+,71+/m1/s1. The molecule has 0 aliphatic carbocycles. The van der Waals surface area contributed by atoms with Gasteiger partial charge >= 0.3 is 0 Å². The third-order valence-electron chi connectivity index (χ3n) is 17.6. The van der Waals surface area contributed by atoms with Gasteiger partial charge in [0.05, 0.1) is 76.7 Å². The van der Waals surface area contributed by atoms with E-state index in [1.807, 2.05) is 172 Å². The van der Waals surface area contributed by atoms with Crippen LogP contribution in [0.15, 0.2) is 199 Å². The van der Waals surface area contributed by atoms with Gasteiger partial charge in [0.2, 0.25) is 10.0 Å². The molecule has 0 radical (unpaired) electrons. The van der Waals surface area contributed by atoms with Gasteiger partial charge in [0.25, 0.3) is 0 Å². The lowest BCUT2D eigenvalue weighted by atomic mass is 9.95. The summed E-state index contributed by atoms with van der Waals surface area (Å²) in [6.07, 6.45) is -21.9. The molecule has 4 aliphatic rings. The summed E-state index contributed by atoms with van der Waals surface area (Å²) in [7, 11) is -7.55. The number of sulfonamides is 1. The summed E-state index contributed by atoms with van der Waals surface area (Å²) < 4.78 is 119. The van der Waals surface area contributed by atoms with Crippen LogP contribution in [0.4, 0.5) is 0 Å². The van der Waals surface area contributed by atoms with Gasteiger partial charge in [-0.25, -0.2) is 13.1 Å². The van der Waals surface area contributed by atoms with Crippen molar-refractivity contribution in [2.75, 3.05) is 26.4 Å². The molecule has 10 rings (SSSR count). The number of nitrogens with one attached hydrogen (secondary N) is 1. The molecule has 10 unspecified atom stereocenters. The average Bonchev–Trinajstić information content (AvgIpc) is 0.771. The van der Waals surface area contributed by atoms with Crippen molar-refractivity contribution in [3.05, 3.63) is 222 Å². The summed E-state index contributed by atoms with van der Waals surface area (Å²) in [5.41, 5.74) is 4.28. The normalized spacial score (nSPS) is 29.8. The molecule has 94 heavy (non-hydrogen) atoms. The molecule has 21 nitrogen and oxygen atoms in total. The van der Waals surface area contributed by atoms with E-state index in [2.05, 4.69) is 4.72 Å². The topological polar surface area (TPSA) is 267 Å². The first-order valence-corrected chi connectivity index (χ1v) is 36.3. The minimum absolute atomic E-state index is 0.00480. The maximum Gasteiger partial charge on any atom is 0.241 e. The van der Waals surface area contributed by atoms with Crippen LogP contribution >= 0.6 is 0 Å². The molecule has 6 N–H and O–H groups in total. The van der Waals surface area contributed by atoms with Crippen molar-refractivity contribution in [3.8, 4) is 0 Å². The van der Waals surface area contributed by atoms with Gasteiger partial charge in [-0.2, -0.15) is 0 Å². The predicted molar refractivity (Wildman–Crippen MR) is 347 cm³/mol. The highest BCUT2D eigenvalue weighted by Crippen LogP contribution is 2.39. The van der Waals surface area contributed by atoms with Crippen molar-refractivity contribution in [2.45, 2.75) is 187 Å². The van der Waals surface area contributed by atoms with E-state index >= 15 is 8.42 Å². The minimum Gasteiger partial charge on any atom is -0.493 e. The molecule has 0 amide bonds. The zero-order valence-electron chi connectivity index (χ0n) is 53.1. The number of hydrogen-bond acceptors (Lipinski definition) is 20. The lowest BCUT2D eigenvalue weighted by Gasteiger charge is -2.52. The zero-order valence-corrected chi connectivity index (χ0v) is 54.9. The summed E-state index contributed by atoms with van der Waals surface area (Å²) in [6.45, 7) is 5.94. The van der Waals surface area contributed by atoms with Crippen LogP contribution in [-0.2, 0) is 104 Å². The zero-order chi connectivity index (χ0) is 65.9. The summed E-state index contributed by atoms with van der Waals surface area (Å²) in [4.78, 5) is -0.130. The van der Waals surface area contributed by atoms with Gasteiger partial charge in [-0.1, -0.05) is 191 Å². The van der Waals surface area contributed by atoms with E-state index in [0.29, 0.717) is 18.1 Å². The second-order valence-corrected chi connectivity index (χ2v) is 30.4. The Morgan fingerprint density at radius 3 is 1.29 bits per heavy atom.